The third kappa shape index (κ3) is 4.32. The highest BCUT2D eigenvalue weighted by atomic mass is 79.9. The van der Waals surface area contributed by atoms with Crippen molar-refractivity contribution in [2.45, 2.75) is 13.5 Å². The predicted molar refractivity (Wildman–Crippen MR) is 90.4 cm³/mol. The van der Waals surface area contributed by atoms with E-state index >= 15 is 0 Å². The summed E-state index contributed by atoms with van der Waals surface area (Å²) in [5, 5.41) is 2.86. The lowest BCUT2D eigenvalue weighted by Crippen LogP contribution is -2.12. The Bertz CT molecular complexity index is 641. The van der Waals surface area contributed by atoms with E-state index in [9.17, 15) is 4.79 Å². The van der Waals surface area contributed by atoms with Crippen LogP contribution in [0.1, 0.15) is 22.8 Å². The molecule has 2 rings (SSSR count). The summed E-state index contributed by atoms with van der Waals surface area (Å²) in [6.07, 6.45) is 0. The average Bonchev–Trinajstić information content (AvgIpc) is 2.51. The Hall–Kier alpha value is -1.85. The highest BCUT2D eigenvalue weighted by molar-refractivity contribution is 9.10. The molecule has 116 valence electrons. The van der Waals surface area contributed by atoms with Crippen molar-refractivity contribution < 1.29 is 14.3 Å². The summed E-state index contributed by atoms with van der Waals surface area (Å²) < 4.78 is 11.7. The number of methoxy groups -OCH3 is 1. The zero-order chi connectivity index (χ0) is 15.9. The van der Waals surface area contributed by atoms with Crippen molar-refractivity contribution in [1.82, 2.24) is 0 Å². The number of hydrogen-bond acceptors (Lipinski definition) is 3. The van der Waals surface area contributed by atoms with Crippen molar-refractivity contribution in [1.29, 1.82) is 0 Å². The summed E-state index contributed by atoms with van der Waals surface area (Å²) in [5.41, 5.74) is 2.17. The van der Waals surface area contributed by atoms with Crippen LogP contribution in [0.2, 0.25) is 0 Å². The summed E-state index contributed by atoms with van der Waals surface area (Å²) in [4.78, 5) is 12.3. The Balaban J connectivity index is 2.18. The molecule has 0 atom stereocenters. The molecule has 5 heteroatoms. The molecule has 0 bridgehead atoms. The van der Waals surface area contributed by atoms with E-state index in [2.05, 4.69) is 21.2 Å². The number of carbonyl (C=O) groups excluding carboxylic acids is 1. The van der Waals surface area contributed by atoms with Crippen LogP contribution in [0.25, 0.3) is 0 Å². The Labute approximate surface area is 138 Å². The number of nitrogens with one attached hydrogen (secondary N) is 1. The fraction of sp³-hybridized carbons (Fsp3) is 0.235. The molecular weight excluding hydrogens is 346 g/mol. The third-order valence-electron chi connectivity index (χ3n) is 3.02. The first-order valence-corrected chi connectivity index (χ1v) is 7.75. The van der Waals surface area contributed by atoms with Gasteiger partial charge in [-0.2, -0.15) is 0 Å². The first kappa shape index (κ1) is 16.5. The lowest BCUT2D eigenvalue weighted by atomic mass is 10.1. The number of benzene rings is 2. The molecule has 1 N–H and O–H groups in total. The highest BCUT2D eigenvalue weighted by Crippen LogP contribution is 2.22. The predicted octanol–water partition coefficient (Wildman–Crippen LogP) is 4.25. The van der Waals surface area contributed by atoms with E-state index < -0.39 is 0 Å². The summed E-state index contributed by atoms with van der Waals surface area (Å²) >= 11 is 3.37. The lowest BCUT2D eigenvalue weighted by Gasteiger charge is -2.12. The smallest absolute Gasteiger partial charge is 0.255 e. The van der Waals surface area contributed by atoms with E-state index in [-0.39, 0.29) is 5.91 Å². The van der Waals surface area contributed by atoms with Crippen LogP contribution >= 0.6 is 15.9 Å². The van der Waals surface area contributed by atoms with Crippen molar-refractivity contribution in [3.8, 4) is 5.75 Å². The molecule has 0 unspecified atom stereocenters. The standard InChI is InChI=1S/C17H18BrNO3/c1-3-22-16-9-4-12(10-13(16)11-21-2)17(20)19-15-7-5-14(18)6-8-15/h4-10H,3,11H2,1-2H3,(H,19,20). The Kier molecular flexibility index (Phi) is 5.98. The second-order valence-corrected chi connectivity index (χ2v) is 5.57. The van der Waals surface area contributed by atoms with Crippen molar-refractivity contribution >= 4 is 27.5 Å². The first-order valence-electron chi connectivity index (χ1n) is 6.95. The van der Waals surface area contributed by atoms with Crippen LogP contribution in [-0.2, 0) is 11.3 Å². The molecule has 2 aromatic carbocycles. The molecular formula is C17H18BrNO3. The monoisotopic (exact) mass is 363 g/mol. The van der Waals surface area contributed by atoms with Gasteiger partial charge in [-0.05, 0) is 49.4 Å². The van der Waals surface area contributed by atoms with Crippen molar-refractivity contribution in [3.63, 3.8) is 0 Å². The maximum Gasteiger partial charge on any atom is 0.255 e. The van der Waals surface area contributed by atoms with Gasteiger partial charge in [0.25, 0.3) is 5.91 Å². The van der Waals surface area contributed by atoms with Gasteiger partial charge in [0.2, 0.25) is 0 Å². The van der Waals surface area contributed by atoms with Crippen LogP contribution in [0, 0.1) is 0 Å². The Morgan fingerprint density at radius 1 is 1.18 bits per heavy atom. The van der Waals surface area contributed by atoms with Gasteiger partial charge >= 0.3 is 0 Å². The van der Waals surface area contributed by atoms with Gasteiger partial charge in [-0.3, -0.25) is 4.79 Å². The van der Waals surface area contributed by atoms with E-state index in [4.69, 9.17) is 9.47 Å². The second-order valence-electron chi connectivity index (χ2n) is 4.65. The molecule has 0 spiro atoms. The van der Waals surface area contributed by atoms with Gasteiger partial charge in [0.1, 0.15) is 5.75 Å². The number of ether oxygens (including phenoxy) is 2. The molecule has 1 amide bonds. The molecule has 2 aromatic rings. The van der Waals surface area contributed by atoms with Crippen LogP contribution < -0.4 is 10.1 Å². The number of carbonyl (C=O) groups is 1. The fourth-order valence-corrected chi connectivity index (χ4v) is 2.29. The number of anilines is 1. The molecule has 0 radical (unpaired) electrons. The highest BCUT2D eigenvalue weighted by Gasteiger charge is 2.11. The molecule has 0 aliphatic heterocycles. The minimum atomic E-state index is -0.164. The molecule has 0 saturated heterocycles. The first-order chi connectivity index (χ1) is 10.6. The number of rotatable bonds is 6. The summed E-state index contributed by atoms with van der Waals surface area (Å²) in [6.45, 7) is 2.89. The minimum absolute atomic E-state index is 0.164. The van der Waals surface area contributed by atoms with Crippen molar-refractivity contribution in [2.75, 3.05) is 19.0 Å². The van der Waals surface area contributed by atoms with E-state index in [1.165, 1.54) is 0 Å². The van der Waals surface area contributed by atoms with Gasteiger partial charge in [-0.15, -0.1) is 0 Å². The van der Waals surface area contributed by atoms with Gasteiger partial charge in [-0.1, -0.05) is 15.9 Å². The normalized spacial score (nSPS) is 10.3. The summed E-state index contributed by atoms with van der Waals surface area (Å²) in [5.74, 6) is 0.576. The summed E-state index contributed by atoms with van der Waals surface area (Å²) in [7, 11) is 1.62. The van der Waals surface area contributed by atoms with Crippen LogP contribution in [0.4, 0.5) is 5.69 Å². The molecule has 0 saturated carbocycles. The Morgan fingerprint density at radius 2 is 1.91 bits per heavy atom. The maximum atomic E-state index is 12.3. The quantitative estimate of drug-likeness (QED) is 0.834. The van der Waals surface area contributed by atoms with Crippen LogP contribution in [-0.4, -0.2) is 19.6 Å². The summed E-state index contributed by atoms with van der Waals surface area (Å²) in [6, 6.07) is 12.8. The third-order valence-corrected chi connectivity index (χ3v) is 3.55. The van der Waals surface area contributed by atoms with E-state index in [1.54, 1.807) is 25.3 Å². The molecule has 22 heavy (non-hydrogen) atoms. The largest absolute Gasteiger partial charge is 0.494 e. The van der Waals surface area contributed by atoms with E-state index in [0.29, 0.717) is 18.8 Å². The molecule has 4 nitrogen and oxygen atoms in total. The van der Waals surface area contributed by atoms with Gasteiger partial charge in [0.15, 0.2) is 0 Å². The maximum absolute atomic E-state index is 12.3. The van der Waals surface area contributed by atoms with Crippen molar-refractivity contribution in [3.05, 3.63) is 58.1 Å². The van der Waals surface area contributed by atoms with Gasteiger partial charge in [0, 0.05) is 28.4 Å². The zero-order valence-corrected chi connectivity index (χ0v) is 14.1. The zero-order valence-electron chi connectivity index (χ0n) is 12.6. The van der Waals surface area contributed by atoms with Crippen LogP contribution in [0.15, 0.2) is 46.9 Å². The lowest BCUT2D eigenvalue weighted by molar-refractivity contribution is 0.102. The molecule has 0 heterocycles. The molecule has 0 fully saturated rings. The fourth-order valence-electron chi connectivity index (χ4n) is 2.02. The number of hydrogen-bond donors (Lipinski definition) is 1. The minimum Gasteiger partial charge on any atom is -0.494 e. The molecule has 0 aromatic heterocycles. The average molecular weight is 364 g/mol. The molecule has 0 aliphatic carbocycles. The number of amides is 1. The van der Waals surface area contributed by atoms with Gasteiger partial charge in [0.05, 0.1) is 13.2 Å². The SMILES string of the molecule is CCOc1ccc(C(=O)Nc2ccc(Br)cc2)cc1COC. The molecule has 0 aliphatic rings. The second kappa shape index (κ2) is 7.96. The number of halogens is 1. The topological polar surface area (TPSA) is 47.6 Å². The van der Waals surface area contributed by atoms with Gasteiger partial charge in [-0.25, -0.2) is 0 Å². The van der Waals surface area contributed by atoms with Crippen LogP contribution in [0.5, 0.6) is 5.75 Å². The Morgan fingerprint density at radius 3 is 2.55 bits per heavy atom. The van der Waals surface area contributed by atoms with E-state index in [0.717, 1.165) is 21.5 Å². The van der Waals surface area contributed by atoms with E-state index in [1.807, 2.05) is 31.2 Å². The van der Waals surface area contributed by atoms with Gasteiger partial charge < -0.3 is 14.8 Å². The van der Waals surface area contributed by atoms with Crippen LogP contribution in [0.3, 0.4) is 0 Å². The van der Waals surface area contributed by atoms with Crippen molar-refractivity contribution in [2.24, 2.45) is 0 Å².